The van der Waals surface area contributed by atoms with E-state index in [9.17, 15) is 14.7 Å². The number of aliphatic carboxylic acids is 1. The lowest BCUT2D eigenvalue weighted by Crippen LogP contribution is -2.25. The summed E-state index contributed by atoms with van der Waals surface area (Å²) >= 11 is 11.8. The molecule has 2 aromatic heterocycles. The van der Waals surface area contributed by atoms with Crippen molar-refractivity contribution >= 4 is 45.9 Å². The number of benzene rings is 1. The van der Waals surface area contributed by atoms with Crippen LogP contribution in [-0.2, 0) is 11.2 Å². The van der Waals surface area contributed by atoms with Gasteiger partial charge in [0.05, 0.1) is 5.69 Å². The molecule has 1 aromatic carbocycles. The third-order valence-electron chi connectivity index (χ3n) is 3.37. The standard InChI is InChI=1S/C16H10Cl2N2O3/c17-8-1-2-12-10(5-8)11(7-14(21)22)15(20-12)16(23)13-6-9(18)3-4-19-13/h1-6,20H,7H2,(H,21,22)/p-1. The van der Waals surface area contributed by atoms with Crippen molar-refractivity contribution in [3.05, 3.63) is 63.5 Å². The second-order valence-corrected chi connectivity index (χ2v) is 5.78. The predicted molar refractivity (Wildman–Crippen MR) is 84.7 cm³/mol. The number of nitrogens with one attached hydrogen (secondary N) is 1. The van der Waals surface area contributed by atoms with Gasteiger partial charge in [0.25, 0.3) is 0 Å². The molecule has 0 aliphatic heterocycles. The summed E-state index contributed by atoms with van der Waals surface area (Å²) in [6.45, 7) is 0. The molecule has 7 heteroatoms. The number of hydrogen-bond acceptors (Lipinski definition) is 4. The molecule has 0 unspecified atom stereocenters. The van der Waals surface area contributed by atoms with Gasteiger partial charge in [-0.1, -0.05) is 23.2 Å². The third-order valence-corrected chi connectivity index (χ3v) is 3.84. The van der Waals surface area contributed by atoms with Crippen molar-refractivity contribution in [2.45, 2.75) is 6.42 Å². The summed E-state index contributed by atoms with van der Waals surface area (Å²) in [4.78, 5) is 30.6. The van der Waals surface area contributed by atoms with Crippen LogP contribution in [0.15, 0.2) is 36.5 Å². The van der Waals surface area contributed by atoms with Gasteiger partial charge in [0.2, 0.25) is 5.78 Å². The van der Waals surface area contributed by atoms with Crippen LogP contribution >= 0.6 is 23.2 Å². The molecule has 3 aromatic rings. The fraction of sp³-hybridized carbons (Fsp3) is 0.0625. The van der Waals surface area contributed by atoms with Crippen LogP contribution in [0.3, 0.4) is 0 Å². The number of aromatic amines is 1. The van der Waals surface area contributed by atoms with Gasteiger partial charge in [-0.15, -0.1) is 0 Å². The minimum atomic E-state index is -1.29. The van der Waals surface area contributed by atoms with Crippen molar-refractivity contribution in [2.24, 2.45) is 0 Å². The molecule has 0 radical (unpaired) electrons. The minimum absolute atomic E-state index is 0.120. The van der Waals surface area contributed by atoms with E-state index in [-0.39, 0.29) is 11.4 Å². The highest BCUT2D eigenvalue weighted by molar-refractivity contribution is 6.31. The lowest BCUT2D eigenvalue weighted by molar-refractivity contribution is -0.304. The van der Waals surface area contributed by atoms with E-state index in [1.54, 1.807) is 24.3 Å². The Balaban J connectivity index is 2.19. The van der Waals surface area contributed by atoms with Crippen LogP contribution in [0, 0.1) is 0 Å². The first-order valence-electron chi connectivity index (χ1n) is 6.62. The Bertz CT molecular complexity index is 934. The van der Waals surface area contributed by atoms with Crippen LogP contribution in [0.5, 0.6) is 0 Å². The van der Waals surface area contributed by atoms with Gasteiger partial charge in [-0.05, 0) is 35.9 Å². The summed E-state index contributed by atoms with van der Waals surface area (Å²) in [5.41, 5.74) is 1.18. The Morgan fingerprint density at radius 2 is 1.87 bits per heavy atom. The Hall–Kier alpha value is -2.37. The van der Waals surface area contributed by atoms with E-state index in [1.807, 2.05) is 0 Å². The Labute approximate surface area is 140 Å². The first-order valence-corrected chi connectivity index (χ1v) is 7.37. The number of carbonyl (C=O) groups excluding carboxylic acids is 2. The van der Waals surface area contributed by atoms with Crippen LogP contribution in [0.4, 0.5) is 0 Å². The van der Waals surface area contributed by atoms with Crippen LogP contribution in [0.25, 0.3) is 10.9 Å². The minimum Gasteiger partial charge on any atom is -0.550 e. The summed E-state index contributed by atoms with van der Waals surface area (Å²) in [5, 5.41) is 12.4. The van der Waals surface area contributed by atoms with Crippen LogP contribution in [0.1, 0.15) is 21.7 Å². The molecule has 3 rings (SSSR count). The zero-order valence-electron chi connectivity index (χ0n) is 11.6. The smallest absolute Gasteiger partial charge is 0.227 e. The largest absolute Gasteiger partial charge is 0.550 e. The number of fused-ring (bicyclic) bond motifs is 1. The summed E-state index contributed by atoms with van der Waals surface area (Å²) in [7, 11) is 0. The maximum Gasteiger partial charge on any atom is 0.227 e. The first kappa shape index (κ1) is 15.5. The number of H-pyrrole nitrogens is 1. The van der Waals surface area contributed by atoms with Gasteiger partial charge < -0.3 is 14.9 Å². The van der Waals surface area contributed by atoms with Crippen molar-refractivity contribution in [2.75, 3.05) is 0 Å². The summed E-state index contributed by atoms with van der Waals surface area (Å²) < 4.78 is 0. The zero-order chi connectivity index (χ0) is 16.6. The molecule has 5 nitrogen and oxygen atoms in total. The maximum absolute atomic E-state index is 12.7. The molecule has 2 heterocycles. The number of carboxylic acids is 1. The van der Waals surface area contributed by atoms with Crippen molar-refractivity contribution in [1.82, 2.24) is 9.97 Å². The number of pyridine rings is 1. The molecule has 0 aliphatic rings. The lowest BCUT2D eigenvalue weighted by Gasteiger charge is -2.05. The first-order chi connectivity index (χ1) is 11.0. The van der Waals surface area contributed by atoms with Crippen molar-refractivity contribution in [1.29, 1.82) is 0 Å². The average Bonchev–Trinajstić information content (AvgIpc) is 2.84. The average molecular weight is 348 g/mol. The number of ketones is 1. The van der Waals surface area contributed by atoms with Gasteiger partial charge in [0.15, 0.2) is 0 Å². The molecule has 0 amide bonds. The third kappa shape index (κ3) is 3.06. The number of carbonyl (C=O) groups is 2. The molecule has 0 bridgehead atoms. The van der Waals surface area contributed by atoms with Gasteiger partial charge in [-0.2, -0.15) is 0 Å². The molecule has 116 valence electrons. The van der Waals surface area contributed by atoms with Crippen LogP contribution in [0.2, 0.25) is 10.0 Å². The van der Waals surface area contributed by atoms with Gasteiger partial charge in [-0.25, -0.2) is 0 Å². The fourth-order valence-corrected chi connectivity index (χ4v) is 2.73. The highest BCUT2D eigenvalue weighted by Gasteiger charge is 2.20. The summed E-state index contributed by atoms with van der Waals surface area (Å²) in [5.74, 6) is -1.74. The SMILES string of the molecule is O=C([O-])Cc1c(C(=O)c2cc(Cl)ccn2)[nH]c2ccc(Cl)cc12. The Morgan fingerprint density at radius 3 is 2.57 bits per heavy atom. The monoisotopic (exact) mass is 347 g/mol. The molecular weight excluding hydrogens is 339 g/mol. The van der Waals surface area contributed by atoms with Gasteiger partial charge in [0.1, 0.15) is 5.69 Å². The number of carboxylic acid groups (broad SMARTS) is 1. The van der Waals surface area contributed by atoms with E-state index >= 15 is 0 Å². The second kappa shape index (κ2) is 6.02. The molecule has 1 N–H and O–H groups in total. The number of rotatable bonds is 4. The number of hydrogen-bond donors (Lipinski definition) is 1. The van der Waals surface area contributed by atoms with Gasteiger partial charge >= 0.3 is 0 Å². The molecule has 0 spiro atoms. The topological polar surface area (TPSA) is 85.9 Å². The van der Waals surface area contributed by atoms with Crippen molar-refractivity contribution in [3.63, 3.8) is 0 Å². The predicted octanol–water partition coefficient (Wildman–Crippen LogP) is 2.39. The van der Waals surface area contributed by atoms with E-state index in [0.29, 0.717) is 26.5 Å². The highest BCUT2D eigenvalue weighted by atomic mass is 35.5. The molecule has 0 saturated heterocycles. The van der Waals surface area contributed by atoms with E-state index in [0.717, 1.165) is 0 Å². The maximum atomic E-state index is 12.7. The van der Waals surface area contributed by atoms with E-state index in [2.05, 4.69) is 9.97 Å². The number of nitrogens with zero attached hydrogens (tertiary/aromatic N) is 1. The van der Waals surface area contributed by atoms with Crippen molar-refractivity contribution in [3.8, 4) is 0 Å². The second-order valence-electron chi connectivity index (χ2n) is 4.91. The zero-order valence-corrected chi connectivity index (χ0v) is 13.1. The lowest BCUT2D eigenvalue weighted by atomic mass is 10.0. The summed E-state index contributed by atoms with van der Waals surface area (Å²) in [6.07, 6.45) is 0.996. The molecule has 0 atom stereocenters. The summed E-state index contributed by atoms with van der Waals surface area (Å²) in [6, 6.07) is 7.90. The molecule has 0 saturated carbocycles. The Morgan fingerprint density at radius 1 is 1.13 bits per heavy atom. The normalized spacial score (nSPS) is 10.9. The van der Waals surface area contributed by atoms with Gasteiger partial charge in [0, 0.05) is 39.5 Å². The molecule has 23 heavy (non-hydrogen) atoms. The Kier molecular flexibility index (Phi) is 4.07. The molecule has 0 aliphatic carbocycles. The highest BCUT2D eigenvalue weighted by Crippen LogP contribution is 2.27. The van der Waals surface area contributed by atoms with Crippen LogP contribution in [-0.4, -0.2) is 21.7 Å². The fourth-order valence-electron chi connectivity index (χ4n) is 2.40. The molecule has 0 fully saturated rings. The number of halogens is 2. The quantitative estimate of drug-likeness (QED) is 0.734. The van der Waals surface area contributed by atoms with E-state index < -0.39 is 18.2 Å². The number of aromatic nitrogens is 2. The van der Waals surface area contributed by atoms with Crippen molar-refractivity contribution < 1.29 is 14.7 Å². The van der Waals surface area contributed by atoms with E-state index in [1.165, 1.54) is 12.3 Å². The molecular formula is C16H9Cl2N2O3-. The van der Waals surface area contributed by atoms with Gasteiger partial charge in [-0.3, -0.25) is 9.78 Å². The van der Waals surface area contributed by atoms with Crippen LogP contribution < -0.4 is 5.11 Å². The van der Waals surface area contributed by atoms with E-state index in [4.69, 9.17) is 23.2 Å².